The summed E-state index contributed by atoms with van der Waals surface area (Å²) in [5.74, 6) is -0.383. The van der Waals surface area contributed by atoms with Crippen LogP contribution in [-0.2, 0) is 0 Å². The van der Waals surface area contributed by atoms with Crippen molar-refractivity contribution in [2.45, 2.75) is 6.92 Å². The zero-order valence-corrected chi connectivity index (χ0v) is 15.6. The third-order valence-electron chi connectivity index (χ3n) is 4.14. The molecule has 1 N–H and O–H groups in total. The Morgan fingerprint density at radius 3 is 2.15 bits per heavy atom. The minimum absolute atomic E-state index is 0.0901. The summed E-state index contributed by atoms with van der Waals surface area (Å²) in [5.41, 5.74) is 2.40. The van der Waals surface area contributed by atoms with Gasteiger partial charge in [0.15, 0.2) is 0 Å². The van der Waals surface area contributed by atoms with Crippen LogP contribution in [0.1, 0.15) is 27.6 Å². The monoisotopic (exact) mass is 378 g/mol. The smallest absolute Gasteiger partial charge is 0.258 e. The quantitative estimate of drug-likeness (QED) is 0.658. The number of para-hydroxylation sites is 1. The third kappa shape index (κ3) is 4.36. The van der Waals surface area contributed by atoms with Crippen LogP contribution >= 0.6 is 11.6 Å². The first-order valence-corrected chi connectivity index (χ1v) is 9.01. The van der Waals surface area contributed by atoms with Crippen molar-refractivity contribution in [3.8, 4) is 0 Å². The van der Waals surface area contributed by atoms with E-state index in [2.05, 4.69) is 5.32 Å². The summed E-state index contributed by atoms with van der Waals surface area (Å²) < 4.78 is 0. The van der Waals surface area contributed by atoms with Crippen LogP contribution in [0.3, 0.4) is 0 Å². The minimum atomic E-state index is -0.292. The van der Waals surface area contributed by atoms with Crippen LogP contribution in [-0.4, -0.2) is 18.4 Å². The molecule has 136 valence electrons. The van der Waals surface area contributed by atoms with Crippen LogP contribution in [0.2, 0.25) is 5.02 Å². The molecule has 27 heavy (non-hydrogen) atoms. The molecule has 0 radical (unpaired) electrons. The lowest BCUT2D eigenvalue weighted by molar-refractivity contribution is 0.0987. The van der Waals surface area contributed by atoms with E-state index >= 15 is 0 Å². The number of carbonyl (C=O) groups excluding carboxylic acids is 2. The Balaban J connectivity index is 1.74. The normalized spacial score (nSPS) is 10.3. The maximum absolute atomic E-state index is 12.8. The molecule has 3 rings (SSSR count). The summed E-state index contributed by atoms with van der Waals surface area (Å²) in [6.45, 7) is 2.50. The zero-order valence-electron chi connectivity index (χ0n) is 14.9. The van der Waals surface area contributed by atoms with Gasteiger partial charge in [0.05, 0.1) is 10.6 Å². The Bertz CT molecular complexity index is 940. The van der Waals surface area contributed by atoms with Crippen molar-refractivity contribution in [3.05, 3.63) is 95.0 Å². The Labute approximate surface area is 163 Å². The summed E-state index contributed by atoms with van der Waals surface area (Å²) in [6, 6.07) is 23.2. The number of rotatable bonds is 5. The van der Waals surface area contributed by atoms with Gasteiger partial charge in [-0.25, -0.2) is 0 Å². The van der Waals surface area contributed by atoms with Crippen molar-refractivity contribution >= 4 is 34.8 Å². The van der Waals surface area contributed by atoms with Gasteiger partial charge < -0.3 is 10.2 Å². The van der Waals surface area contributed by atoms with Gasteiger partial charge in [0.2, 0.25) is 0 Å². The van der Waals surface area contributed by atoms with Crippen LogP contribution in [0.4, 0.5) is 11.4 Å². The predicted molar refractivity (Wildman–Crippen MR) is 110 cm³/mol. The fraction of sp³-hybridized carbons (Fsp3) is 0.0909. The lowest BCUT2D eigenvalue weighted by Gasteiger charge is -2.21. The van der Waals surface area contributed by atoms with Gasteiger partial charge in [0, 0.05) is 23.5 Å². The van der Waals surface area contributed by atoms with Gasteiger partial charge in [-0.15, -0.1) is 0 Å². The SMILES string of the molecule is CCN(C(=O)c1ccc(NC(=O)c2ccccc2Cl)cc1)c1ccccc1. The van der Waals surface area contributed by atoms with E-state index in [1.54, 1.807) is 53.4 Å². The number of nitrogens with one attached hydrogen (secondary N) is 1. The first kappa shape index (κ1) is 18.7. The van der Waals surface area contributed by atoms with Crippen molar-refractivity contribution in [1.29, 1.82) is 0 Å². The number of amides is 2. The van der Waals surface area contributed by atoms with Crippen molar-refractivity contribution in [2.24, 2.45) is 0 Å². The van der Waals surface area contributed by atoms with Crippen LogP contribution in [0.25, 0.3) is 0 Å². The highest BCUT2D eigenvalue weighted by Crippen LogP contribution is 2.20. The molecule has 5 heteroatoms. The van der Waals surface area contributed by atoms with E-state index in [1.165, 1.54) is 0 Å². The van der Waals surface area contributed by atoms with E-state index in [0.717, 1.165) is 5.69 Å². The molecule has 3 aromatic carbocycles. The Morgan fingerprint density at radius 2 is 1.52 bits per heavy atom. The Morgan fingerprint density at radius 1 is 0.889 bits per heavy atom. The van der Waals surface area contributed by atoms with Crippen LogP contribution < -0.4 is 10.2 Å². The van der Waals surface area contributed by atoms with Gasteiger partial charge in [-0.3, -0.25) is 9.59 Å². The molecule has 0 fully saturated rings. The van der Waals surface area contributed by atoms with Gasteiger partial charge in [0.25, 0.3) is 11.8 Å². The summed E-state index contributed by atoms with van der Waals surface area (Å²) in [7, 11) is 0. The molecule has 0 unspecified atom stereocenters. The van der Waals surface area contributed by atoms with Gasteiger partial charge >= 0.3 is 0 Å². The maximum Gasteiger partial charge on any atom is 0.258 e. The molecule has 0 saturated carbocycles. The average Bonchev–Trinajstić information content (AvgIpc) is 2.70. The van der Waals surface area contributed by atoms with Crippen molar-refractivity contribution in [2.75, 3.05) is 16.8 Å². The number of hydrogen-bond acceptors (Lipinski definition) is 2. The molecule has 0 saturated heterocycles. The Kier molecular flexibility index (Phi) is 5.89. The number of carbonyl (C=O) groups is 2. The summed E-state index contributed by atoms with van der Waals surface area (Å²) in [4.78, 5) is 26.8. The lowest BCUT2D eigenvalue weighted by Crippen LogP contribution is -2.30. The first-order chi connectivity index (χ1) is 13.1. The maximum atomic E-state index is 12.8. The second kappa shape index (κ2) is 8.52. The fourth-order valence-corrected chi connectivity index (χ4v) is 2.97. The van der Waals surface area contributed by atoms with Gasteiger partial charge in [-0.05, 0) is 55.5 Å². The highest BCUT2D eigenvalue weighted by molar-refractivity contribution is 6.34. The number of anilines is 2. The van der Waals surface area contributed by atoms with Gasteiger partial charge in [-0.2, -0.15) is 0 Å². The molecule has 4 nitrogen and oxygen atoms in total. The molecule has 0 aliphatic carbocycles. The number of halogens is 1. The van der Waals surface area contributed by atoms with Crippen LogP contribution in [0.5, 0.6) is 0 Å². The van der Waals surface area contributed by atoms with Crippen molar-refractivity contribution in [3.63, 3.8) is 0 Å². The second-order valence-electron chi connectivity index (χ2n) is 5.90. The summed E-state index contributed by atoms with van der Waals surface area (Å²) in [6.07, 6.45) is 0. The fourth-order valence-electron chi connectivity index (χ4n) is 2.75. The molecule has 0 spiro atoms. The molecule has 0 aromatic heterocycles. The standard InChI is InChI=1S/C22H19ClN2O2/c1-2-25(18-8-4-3-5-9-18)22(27)16-12-14-17(15-13-16)24-21(26)19-10-6-7-11-20(19)23/h3-15H,2H2,1H3,(H,24,26). The summed E-state index contributed by atoms with van der Waals surface area (Å²) in [5, 5.41) is 3.18. The summed E-state index contributed by atoms with van der Waals surface area (Å²) >= 11 is 6.05. The average molecular weight is 379 g/mol. The van der Waals surface area contributed by atoms with Crippen LogP contribution in [0, 0.1) is 0 Å². The van der Waals surface area contributed by atoms with E-state index in [4.69, 9.17) is 11.6 Å². The van der Waals surface area contributed by atoms with E-state index < -0.39 is 0 Å². The Hall–Kier alpha value is -3.11. The zero-order chi connectivity index (χ0) is 19.2. The van der Waals surface area contributed by atoms with E-state index in [-0.39, 0.29) is 11.8 Å². The third-order valence-corrected chi connectivity index (χ3v) is 4.47. The largest absolute Gasteiger partial charge is 0.322 e. The van der Waals surface area contributed by atoms with Gasteiger partial charge in [0.1, 0.15) is 0 Å². The molecule has 0 aliphatic rings. The predicted octanol–water partition coefficient (Wildman–Crippen LogP) is 5.26. The molecular formula is C22H19ClN2O2. The van der Waals surface area contributed by atoms with Crippen LogP contribution in [0.15, 0.2) is 78.9 Å². The molecule has 0 aliphatic heterocycles. The number of hydrogen-bond donors (Lipinski definition) is 1. The number of benzene rings is 3. The minimum Gasteiger partial charge on any atom is -0.322 e. The van der Waals surface area contributed by atoms with E-state index in [1.807, 2.05) is 37.3 Å². The molecular weight excluding hydrogens is 360 g/mol. The highest BCUT2D eigenvalue weighted by Gasteiger charge is 2.16. The van der Waals surface area contributed by atoms with E-state index in [9.17, 15) is 9.59 Å². The van der Waals surface area contributed by atoms with Crippen molar-refractivity contribution in [1.82, 2.24) is 0 Å². The molecule has 2 amide bonds. The highest BCUT2D eigenvalue weighted by atomic mass is 35.5. The molecule has 0 atom stereocenters. The molecule has 0 bridgehead atoms. The molecule has 0 heterocycles. The van der Waals surface area contributed by atoms with Gasteiger partial charge in [-0.1, -0.05) is 41.9 Å². The number of nitrogens with zero attached hydrogens (tertiary/aromatic N) is 1. The molecule has 3 aromatic rings. The van der Waals surface area contributed by atoms with E-state index in [0.29, 0.717) is 28.4 Å². The lowest BCUT2D eigenvalue weighted by atomic mass is 10.1. The first-order valence-electron chi connectivity index (χ1n) is 8.63. The topological polar surface area (TPSA) is 49.4 Å². The second-order valence-corrected chi connectivity index (χ2v) is 6.30. The van der Waals surface area contributed by atoms with Crippen molar-refractivity contribution < 1.29 is 9.59 Å².